The van der Waals surface area contributed by atoms with Crippen molar-refractivity contribution in [1.29, 1.82) is 0 Å². The maximum atomic E-state index is 12.0. The summed E-state index contributed by atoms with van der Waals surface area (Å²) in [6, 6.07) is -0.564. The highest BCUT2D eigenvalue weighted by molar-refractivity contribution is 5.76. The van der Waals surface area contributed by atoms with E-state index in [9.17, 15) is 14.4 Å². The number of unbranched alkanes of at least 4 members (excludes halogenated alkanes) is 2. The van der Waals surface area contributed by atoms with E-state index in [0.717, 1.165) is 12.8 Å². The number of hydrogen-bond donors (Lipinski definition) is 3. The molecule has 26 heavy (non-hydrogen) atoms. The van der Waals surface area contributed by atoms with Gasteiger partial charge in [0.05, 0.1) is 6.04 Å². The van der Waals surface area contributed by atoms with E-state index in [-0.39, 0.29) is 19.1 Å². The second-order valence-electron chi connectivity index (χ2n) is 5.58. The minimum atomic E-state index is -1.18. The molecule has 1 rings (SSSR count). The van der Waals surface area contributed by atoms with Gasteiger partial charge in [-0.2, -0.15) is 0 Å². The fourth-order valence-electron chi connectivity index (χ4n) is 1.93. The fraction of sp³-hybridized carbons (Fsp3) is 0.688. The van der Waals surface area contributed by atoms with Crippen LogP contribution in [0.1, 0.15) is 25.7 Å². The molecule has 148 valence electrons. The molecule has 0 spiro atoms. The Morgan fingerprint density at radius 2 is 2.00 bits per heavy atom. The standard InChI is InChI=1S/C16H26N2O8/c17-6-3-1-2-4-13(19)18-12(9-26-16-5-7-24-16)8-25-15(22)11-23-10-14(20)21/h5,12H,1-4,6-11,17H2,(H,18,19)(H,20,21). The Kier molecular flexibility index (Phi) is 10.8. The first-order valence-corrected chi connectivity index (χ1v) is 8.41. The molecule has 0 saturated carbocycles. The SMILES string of the molecule is NCCCCCC(=O)NC(COC(=O)COCC(=O)O)COC1=CCO1. The number of ether oxygens (including phenoxy) is 4. The van der Waals surface area contributed by atoms with Crippen LogP contribution in [0.5, 0.6) is 0 Å². The third-order valence-corrected chi connectivity index (χ3v) is 3.27. The molecule has 0 aromatic heterocycles. The first-order valence-electron chi connectivity index (χ1n) is 8.41. The smallest absolute Gasteiger partial charge is 0.332 e. The summed E-state index contributed by atoms with van der Waals surface area (Å²) in [5.74, 6) is -1.73. The lowest BCUT2D eigenvalue weighted by Gasteiger charge is -2.22. The summed E-state index contributed by atoms with van der Waals surface area (Å²) < 4.78 is 20.0. The lowest BCUT2D eigenvalue weighted by molar-refractivity contribution is -0.154. The molecule has 0 aliphatic carbocycles. The molecule has 0 saturated heterocycles. The second-order valence-corrected chi connectivity index (χ2v) is 5.58. The Labute approximate surface area is 151 Å². The Balaban J connectivity index is 2.33. The van der Waals surface area contributed by atoms with Gasteiger partial charge in [0.1, 0.15) is 33.0 Å². The highest BCUT2D eigenvalue weighted by Gasteiger charge is 2.18. The number of rotatable bonds is 15. The van der Waals surface area contributed by atoms with E-state index in [1.54, 1.807) is 6.08 Å². The van der Waals surface area contributed by atoms with Crippen molar-refractivity contribution in [2.75, 3.05) is 39.6 Å². The maximum Gasteiger partial charge on any atom is 0.332 e. The number of carbonyl (C=O) groups is 3. The monoisotopic (exact) mass is 374 g/mol. The topological polar surface area (TPSA) is 146 Å². The Morgan fingerprint density at radius 3 is 2.62 bits per heavy atom. The molecule has 1 atom stereocenters. The molecular weight excluding hydrogens is 348 g/mol. The van der Waals surface area contributed by atoms with Gasteiger partial charge < -0.3 is 35.1 Å². The van der Waals surface area contributed by atoms with Crippen LogP contribution in [-0.4, -0.2) is 68.6 Å². The van der Waals surface area contributed by atoms with Crippen molar-refractivity contribution in [3.8, 4) is 0 Å². The number of amides is 1. The summed E-state index contributed by atoms with van der Waals surface area (Å²) in [4.78, 5) is 33.8. The van der Waals surface area contributed by atoms with Crippen LogP contribution in [0, 0.1) is 0 Å². The van der Waals surface area contributed by atoms with Gasteiger partial charge in [-0.05, 0) is 19.4 Å². The lowest BCUT2D eigenvalue weighted by atomic mass is 10.2. The number of nitrogens with one attached hydrogen (secondary N) is 1. The van der Waals surface area contributed by atoms with Crippen LogP contribution in [0.15, 0.2) is 12.0 Å². The van der Waals surface area contributed by atoms with Crippen LogP contribution in [-0.2, 0) is 33.3 Å². The quantitative estimate of drug-likeness (QED) is 0.255. The largest absolute Gasteiger partial charge is 0.480 e. The van der Waals surface area contributed by atoms with Crippen molar-refractivity contribution in [3.63, 3.8) is 0 Å². The molecule has 1 heterocycles. The molecule has 0 bridgehead atoms. The number of aliphatic carboxylic acids is 1. The maximum absolute atomic E-state index is 12.0. The molecule has 0 aromatic carbocycles. The van der Waals surface area contributed by atoms with E-state index in [2.05, 4.69) is 10.1 Å². The van der Waals surface area contributed by atoms with E-state index in [4.69, 9.17) is 25.1 Å². The summed E-state index contributed by atoms with van der Waals surface area (Å²) in [6.07, 6.45) is 4.51. The zero-order valence-corrected chi connectivity index (χ0v) is 14.6. The van der Waals surface area contributed by atoms with Crippen molar-refractivity contribution in [2.45, 2.75) is 31.7 Å². The van der Waals surface area contributed by atoms with Crippen LogP contribution >= 0.6 is 0 Å². The first-order chi connectivity index (χ1) is 12.5. The first kappa shape index (κ1) is 21.7. The molecule has 10 nitrogen and oxygen atoms in total. The molecule has 1 aliphatic rings. The van der Waals surface area contributed by atoms with Gasteiger partial charge in [-0.3, -0.25) is 4.79 Å². The van der Waals surface area contributed by atoms with Gasteiger partial charge in [-0.25, -0.2) is 9.59 Å². The number of esters is 1. The number of carboxylic acids is 1. The predicted molar refractivity (Wildman–Crippen MR) is 88.9 cm³/mol. The Bertz CT molecular complexity index is 495. The minimum Gasteiger partial charge on any atom is -0.480 e. The van der Waals surface area contributed by atoms with Gasteiger partial charge in [0.25, 0.3) is 5.95 Å². The van der Waals surface area contributed by atoms with Crippen molar-refractivity contribution in [1.82, 2.24) is 5.32 Å². The molecule has 0 fully saturated rings. The van der Waals surface area contributed by atoms with Gasteiger partial charge in [0.2, 0.25) is 5.91 Å². The summed E-state index contributed by atoms with van der Waals surface area (Å²) in [5.41, 5.74) is 5.41. The van der Waals surface area contributed by atoms with E-state index in [1.165, 1.54) is 0 Å². The normalized spacial score (nSPS) is 13.7. The van der Waals surface area contributed by atoms with Gasteiger partial charge in [0, 0.05) is 12.5 Å². The van der Waals surface area contributed by atoms with E-state index in [0.29, 0.717) is 31.9 Å². The van der Waals surface area contributed by atoms with Gasteiger partial charge in [-0.1, -0.05) is 6.42 Å². The third-order valence-electron chi connectivity index (χ3n) is 3.27. The number of hydrogen-bond acceptors (Lipinski definition) is 8. The van der Waals surface area contributed by atoms with Crippen LogP contribution in [0.4, 0.5) is 0 Å². The van der Waals surface area contributed by atoms with Gasteiger partial charge in [-0.15, -0.1) is 0 Å². The van der Waals surface area contributed by atoms with Crippen molar-refractivity contribution in [2.24, 2.45) is 5.73 Å². The molecule has 10 heteroatoms. The fourth-order valence-corrected chi connectivity index (χ4v) is 1.93. The van der Waals surface area contributed by atoms with E-state index in [1.807, 2.05) is 0 Å². The molecule has 1 amide bonds. The van der Waals surface area contributed by atoms with E-state index >= 15 is 0 Å². The zero-order chi connectivity index (χ0) is 19.2. The van der Waals surface area contributed by atoms with E-state index < -0.39 is 31.2 Å². The number of carbonyl (C=O) groups excluding carboxylic acids is 2. The van der Waals surface area contributed by atoms with Crippen LogP contribution < -0.4 is 11.1 Å². The summed E-state index contributed by atoms with van der Waals surface area (Å²) in [6.45, 7) is -0.0644. The third kappa shape index (κ3) is 10.5. The van der Waals surface area contributed by atoms with Crippen molar-refractivity contribution < 1.29 is 38.4 Å². The van der Waals surface area contributed by atoms with Crippen molar-refractivity contribution >= 4 is 17.8 Å². The molecular formula is C16H26N2O8. The average Bonchev–Trinajstić information content (AvgIpc) is 2.54. The second kappa shape index (κ2) is 13.0. The number of nitrogens with two attached hydrogens (primary N) is 1. The molecule has 0 radical (unpaired) electrons. The van der Waals surface area contributed by atoms with Crippen LogP contribution in [0.3, 0.4) is 0 Å². The minimum absolute atomic E-state index is 0.0731. The van der Waals surface area contributed by atoms with Crippen molar-refractivity contribution in [3.05, 3.63) is 12.0 Å². The Hall–Kier alpha value is -2.33. The predicted octanol–water partition coefficient (Wildman–Crippen LogP) is -0.477. The highest BCUT2D eigenvalue weighted by atomic mass is 16.7. The zero-order valence-electron chi connectivity index (χ0n) is 14.6. The molecule has 1 unspecified atom stereocenters. The van der Waals surface area contributed by atoms with Gasteiger partial charge in [0.15, 0.2) is 0 Å². The van der Waals surface area contributed by atoms with Crippen LogP contribution in [0.25, 0.3) is 0 Å². The summed E-state index contributed by atoms with van der Waals surface area (Å²) in [7, 11) is 0. The summed E-state index contributed by atoms with van der Waals surface area (Å²) in [5, 5.41) is 11.2. The van der Waals surface area contributed by atoms with Crippen LogP contribution in [0.2, 0.25) is 0 Å². The van der Waals surface area contributed by atoms with Gasteiger partial charge >= 0.3 is 11.9 Å². The molecule has 4 N–H and O–H groups in total. The lowest BCUT2D eigenvalue weighted by Crippen LogP contribution is -2.42. The number of carboxylic acid groups (broad SMARTS) is 1. The molecule has 0 aromatic rings. The summed E-state index contributed by atoms with van der Waals surface area (Å²) >= 11 is 0. The molecule has 1 aliphatic heterocycles. The highest BCUT2D eigenvalue weighted by Crippen LogP contribution is 2.10. The average molecular weight is 374 g/mol. The Morgan fingerprint density at radius 1 is 1.23 bits per heavy atom.